The minimum atomic E-state index is -0.169. The van der Waals surface area contributed by atoms with E-state index in [1.165, 1.54) is 12.8 Å². The van der Waals surface area contributed by atoms with Crippen LogP contribution in [0.2, 0.25) is 0 Å². The molecule has 0 aromatic carbocycles. The number of esters is 1. The first-order valence-corrected chi connectivity index (χ1v) is 7.10. The van der Waals surface area contributed by atoms with Crippen molar-refractivity contribution in [3.05, 3.63) is 0 Å². The van der Waals surface area contributed by atoms with Gasteiger partial charge in [-0.3, -0.25) is 9.93 Å². The standard InChI is InChI=1S/C12H23NO2S/c1-8(2)10-5-4-9(3)6-11(10)15-12(14)7-16-13/h8-11H,4-7,13H2,1-3H3. The Morgan fingerprint density at radius 1 is 1.50 bits per heavy atom. The maximum Gasteiger partial charge on any atom is 0.317 e. The molecular weight excluding hydrogens is 222 g/mol. The van der Waals surface area contributed by atoms with Gasteiger partial charge >= 0.3 is 5.97 Å². The summed E-state index contributed by atoms with van der Waals surface area (Å²) in [6.45, 7) is 6.65. The Labute approximate surface area is 103 Å². The van der Waals surface area contributed by atoms with Crippen LogP contribution < -0.4 is 5.14 Å². The van der Waals surface area contributed by atoms with Crippen LogP contribution in [0.4, 0.5) is 0 Å². The molecule has 1 saturated carbocycles. The molecule has 1 rings (SSSR count). The van der Waals surface area contributed by atoms with Crippen LogP contribution in [0.15, 0.2) is 0 Å². The molecule has 0 aromatic rings. The smallest absolute Gasteiger partial charge is 0.317 e. The number of rotatable bonds is 4. The van der Waals surface area contributed by atoms with Crippen LogP contribution in [0.3, 0.4) is 0 Å². The van der Waals surface area contributed by atoms with Crippen molar-refractivity contribution in [2.24, 2.45) is 22.9 Å². The van der Waals surface area contributed by atoms with E-state index in [9.17, 15) is 4.79 Å². The lowest BCUT2D eigenvalue weighted by Crippen LogP contribution is -2.36. The Balaban J connectivity index is 2.54. The van der Waals surface area contributed by atoms with Crippen LogP contribution in [0, 0.1) is 17.8 Å². The van der Waals surface area contributed by atoms with Crippen molar-refractivity contribution in [3.63, 3.8) is 0 Å². The second-order valence-corrected chi connectivity index (χ2v) is 5.79. The van der Waals surface area contributed by atoms with E-state index in [2.05, 4.69) is 20.8 Å². The van der Waals surface area contributed by atoms with Crippen LogP contribution in [0.5, 0.6) is 0 Å². The van der Waals surface area contributed by atoms with Gasteiger partial charge in [0.25, 0.3) is 0 Å². The molecular formula is C12H23NO2S. The Morgan fingerprint density at radius 3 is 2.75 bits per heavy atom. The third-order valence-corrected chi connectivity index (χ3v) is 3.85. The maximum atomic E-state index is 11.5. The van der Waals surface area contributed by atoms with Crippen molar-refractivity contribution >= 4 is 17.9 Å². The molecule has 1 aliphatic carbocycles. The largest absolute Gasteiger partial charge is 0.461 e. The number of carbonyl (C=O) groups excluding carboxylic acids is 1. The Hall–Kier alpha value is -0.220. The zero-order valence-corrected chi connectivity index (χ0v) is 11.3. The quantitative estimate of drug-likeness (QED) is 0.611. The molecule has 0 amide bonds. The topological polar surface area (TPSA) is 52.3 Å². The first kappa shape index (κ1) is 13.8. The zero-order valence-electron chi connectivity index (χ0n) is 10.4. The molecule has 2 N–H and O–H groups in total. The summed E-state index contributed by atoms with van der Waals surface area (Å²) in [4.78, 5) is 11.5. The Morgan fingerprint density at radius 2 is 2.19 bits per heavy atom. The predicted molar refractivity (Wildman–Crippen MR) is 67.9 cm³/mol. The number of hydrogen-bond donors (Lipinski definition) is 1. The van der Waals surface area contributed by atoms with Gasteiger partial charge < -0.3 is 4.74 Å². The van der Waals surface area contributed by atoms with E-state index in [-0.39, 0.29) is 17.8 Å². The average molecular weight is 245 g/mol. The third-order valence-electron chi connectivity index (χ3n) is 3.45. The number of hydrogen-bond acceptors (Lipinski definition) is 4. The van der Waals surface area contributed by atoms with Gasteiger partial charge in [-0.2, -0.15) is 0 Å². The van der Waals surface area contributed by atoms with E-state index in [1.807, 2.05) is 0 Å². The summed E-state index contributed by atoms with van der Waals surface area (Å²) < 4.78 is 5.54. The SMILES string of the molecule is CC1CCC(C(C)C)C(OC(=O)CSN)C1. The molecule has 3 nitrogen and oxygen atoms in total. The van der Waals surface area contributed by atoms with E-state index >= 15 is 0 Å². The Bertz CT molecular complexity index is 233. The molecule has 0 aromatic heterocycles. The summed E-state index contributed by atoms with van der Waals surface area (Å²) in [5.41, 5.74) is 0. The number of nitrogens with two attached hydrogens (primary N) is 1. The van der Waals surface area contributed by atoms with E-state index < -0.39 is 0 Å². The summed E-state index contributed by atoms with van der Waals surface area (Å²) >= 11 is 1.03. The van der Waals surface area contributed by atoms with Crippen molar-refractivity contribution in [1.82, 2.24) is 0 Å². The highest BCUT2D eigenvalue weighted by Gasteiger charge is 2.33. The summed E-state index contributed by atoms with van der Waals surface area (Å²) in [6.07, 6.45) is 3.53. The minimum Gasteiger partial charge on any atom is -0.461 e. The lowest BCUT2D eigenvalue weighted by molar-refractivity contribution is -0.152. The molecule has 0 heterocycles. The normalized spacial score (nSPS) is 30.4. The second-order valence-electron chi connectivity index (χ2n) is 5.17. The second kappa shape index (κ2) is 6.50. The van der Waals surface area contributed by atoms with E-state index in [0.717, 1.165) is 18.4 Å². The molecule has 0 bridgehead atoms. The molecule has 16 heavy (non-hydrogen) atoms. The molecule has 4 heteroatoms. The van der Waals surface area contributed by atoms with Gasteiger partial charge in [-0.25, -0.2) is 0 Å². The average Bonchev–Trinajstić information content (AvgIpc) is 2.17. The van der Waals surface area contributed by atoms with E-state index in [1.54, 1.807) is 0 Å². The van der Waals surface area contributed by atoms with Crippen molar-refractivity contribution in [1.29, 1.82) is 0 Å². The summed E-state index contributed by atoms with van der Waals surface area (Å²) in [7, 11) is 0. The summed E-state index contributed by atoms with van der Waals surface area (Å²) in [6, 6.07) is 0. The highest BCUT2D eigenvalue weighted by Crippen LogP contribution is 2.35. The fraction of sp³-hybridized carbons (Fsp3) is 0.917. The highest BCUT2D eigenvalue weighted by molar-refractivity contribution is 7.97. The molecule has 94 valence electrons. The van der Waals surface area contributed by atoms with Crippen LogP contribution in [0.25, 0.3) is 0 Å². The number of ether oxygens (including phenoxy) is 1. The van der Waals surface area contributed by atoms with Crippen LogP contribution in [-0.4, -0.2) is 17.8 Å². The van der Waals surface area contributed by atoms with Gasteiger partial charge in [0.05, 0.1) is 0 Å². The van der Waals surface area contributed by atoms with E-state index in [4.69, 9.17) is 9.88 Å². The zero-order chi connectivity index (χ0) is 12.1. The maximum absolute atomic E-state index is 11.5. The molecule has 1 fully saturated rings. The van der Waals surface area contributed by atoms with Gasteiger partial charge in [0.15, 0.2) is 0 Å². The fourth-order valence-electron chi connectivity index (χ4n) is 2.52. The predicted octanol–water partition coefficient (Wildman–Crippen LogP) is 2.60. The van der Waals surface area contributed by atoms with Crippen LogP contribution in [0.1, 0.15) is 40.0 Å². The van der Waals surface area contributed by atoms with E-state index in [0.29, 0.717) is 17.8 Å². The molecule has 0 spiro atoms. The minimum absolute atomic E-state index is 0.100. The lowest BCUT2D eigenvalue weighted by Gasteiger charge is -2.36. The lowest BCUT2D eigenvalue weighted by atomic mass is 9.75. The first-order valence-electron chi connectivity index (χ1n) is 6.05. The highest BCUT2D eigenvalue weighted by atomic mass is 32.2. The van der Waals surface area contributed by atoms with Gasteiger partial charge in [0.2, 0.25) is 0 Å². The van der Waals surface area contributed by atoms with Crippen molar-refractivity contribution in [2.75, 3.05) is 5.75 Å². The Kier molecular flexibility index (Phi) is 5.62. The molecule has 0 radical (unpaired) electrons. The van der Waals surface area contributed by atoms with Gasteiger partial charge in [0, 0.05) is 0 Å². The van der Waals surface area contributed by atoms with Gasteiger partial charge in [-0.1, -0.05) is 39.1 Å². The molecule has 1 aliphatic rings. The van der Waals surface area contributed by atoms with Gasteiger partial charge in [-0.05, 0) is 30.6 Å². The van der Waals surface area contributed by atoms with Crippen molar-refractivity contribution < 1.29 is 9.53 Å². The monoisotopic (exact) mass is 245 g/mol. The van der Waals surface area contributed by atoms with Gasteiger partial charge in [-0.15, -0.1) is 0 Å². The third kappa shape index (κ3) is 3.98. The fourth-order valence-corrected chi connectivity index (χ4v) is 2.73. The van der Waals surface area contributed by atoms with Crippen molar-refractivity contribution in [2.45, 2.75) is 46.1 Å². The molecule has 3 atom stereocenters. The number of carbonyl (C=O) groups is 1. The molecule has 0 saturated heterocycles. The summed E-state index contributed by atoms with van der Waals surface area (Å²) in [5.74, 6) is 1.85. The van der Waals surface area contributed by atoms with Crippen LogP contribution >= 0.6 is 11.9 Å². The molecule has 3 unspecified atom stereocenters. The summed E-state index contributed by atoms with van der Waals surface area (Å²) in [5, 5.41) is 5.27. The van der Waals surface area contributed by atoms with Crippen LogP contribution in [-0.2, 0) is 9.53 Å². The van der Waals surface area contributed by atoms with Crippen molar-refractivity contribution in [3.8, 4) is 0 Å². The van der Waals surface area contributed by atoms with Gasteiger partial charge in [0.1, 0.15) is 11.9 Å². The molecule has 0 aliphatic heterocycles. The first-order chi connectivity index (χ1) is 7.54.